The molecule has 1 rings (SSSR count). The number of rotatable bonds is 4. The first-order chi connectivity index (χ1) is 7.19. The van der Waals surface area contributed by atoms with Crippen LogP contribution in [0.1, 0.15) is 23.7 Å². The average Bonchev–Trinajstić information content (AvgIpc) is 2.28. The molecule has 0 heterocycles. The number of thiol groups is 1. The molecule has 0 saturated carbocycles. The predicted octanol–water partition coefficient (Wildman–Crippen LogP) is 1.42. The Morgan fingerprint density at radius 2 is 2.13 bits per heavy atom. The number of hydrogen-bond acceptors (Lipinski definition) is 4. The Kier molecular flexibility index (Phi) is 4.63. The Labute approximate surface area is 94.4 Å². The molecule has 0 aliphatic heterocycles. The fourth-order valence-corrected chi connectivity index (χ4v) is 1.50. The summed E-state index contributed by atoms with van der Waals surface area (Å²) in [6, 6.07) is 9.00. The highest BCUT2D eigenvalue weighted by atomic mass is 32.1. The van der Waals surface area contributed by atoms with Crippen molar-refractivity contribution >= 4 is 12.6 Å². The third kappa shape index (κ3) is 3.24. The molecule has 0 fully saturated rings. The molecule has 15 heavy (non-hydrogen) atoms. The van der Waals surface area contributed by atoms with Crippen LogP contribution < -0.4 is 0 Å². The van der Waals surface area contributed by atoms with Crippen LogP contribution in [0.5, 0.6) is 0 Å². The summed E-state index contributed by atoms with van der Waals surface area (Å²) < 4.78 is 0. The van der Waals surface area contributed by atoms with Gasteiger partial charge in [0.05, 0.1) is 18.6 Å². The number of nitrogens with zero attached hydrogens (tertiary/aromatic N) is 1. The average molecular weight is 223 g/mol. The van der Waals surface area contributed by atoms with E-state index < -0.39 is 12.2 Å². The molecule has 80 valence electrons. The van der Waals surface area contributed by atoms with Crippen LogP contribution in [0, 0.1) is 11.3 Å². The number of aliphatic hydroxyl groups excluding tert-OH is 2. The Hall–Kier alpha value is -1.02. The van der Waals surface area contributed by atoms with Crippen molar-refractivity contribution < 1.29 is 10.2 Å². The van der Waals surface area contributed by atoms with Gasteiger partial charge < -0.3 is 10.2 Å². The zero-order chi connectivity index (χ0) is 11.3. The summed E-state index contributed by atoms with van der Waals surface area (Å²) in [5.41, 5.74) is 1.59. The second-order valence-corrected chi connectivity index (χ2v) is 3.59. The number of hydrogen-bond donors (Lipinski definition) is 3. The summed E-state index contributed by atoms with van der Waals surface area (Å²) >= 11 is 4.12. The van der Waals surface area contributed by atoms with Gasteiger partial charge in [-0.1, -0.05) is 24.3 Å². The van der Waals surface area contributed by atoms with Crippen molar-refractivity contribution in [2.24, 2.45) is 0 Å². The lowest BCUT2D eigenvalue weighted by atomic mass is 10.0. The van der Waals surface area contributed by atoms with Crippen molar-refractivity contribution in [3.63, 3.8) is 0 Å². The number of benzene rings is 1. The van der Waals surface area contributed by atoms with E-state index in [-0.39, 0.29) is 6.42 Å². The van der Waals surface area contributed by atoms with Crippen LogP contribution in [-0.4, -0.2) is 16.3 Å². The van der Waals surface area contributed by atoms with Gasteiger partial charge >= 0.3 is 0 Å². The smallest absolute Gasteiger partial charge is 0.106 e. The highest BCUT2D eigenvalue weighted by Gasteiger charge is 2.17. The molecule has 0 spiro atoms. The molecule has 4 heteroatoms. The molecule has 0 bridgehead atoms. The lowest BCUT2D eigenvalue weighted by molar-refractivity contribution is 0.0216. The first kappa shape index (κ1) is 12.1. The maximum atomic E-state index is 9.71. The van der Waals surface area contributed by atoms with Gasteiger partial charge in [0.15, 0.2) is 0 Å². The Balaban J connectivity index is 2.81. The molecule has 2 unspecified atom stereocenters. The summed E-state index contributed by atoms with van der Waals surface area (Å²) in [5.74, 6) is 0.578. The van der Waals surface area contributed by atoms with Crippen molar-refractivity contribution in [1.82, 2.24) is 0 Å². The predicted molar refractivity (Wildman–Crippen MR) is 60.3 cm³/mol. The molecular formula is C11H13NO2S. The monoisotopic (exact) mass is 223 g/mol. The molecule has 2 atom stereocenters. The zero-order valence-corrected chi connectivity index (χ0v) is 9.06. The zero-order valence-electron chi connectivity index (χ0n) is 8.17. The second-order valence-electron chi connectivity index (χ2n) is 3.28. The van der Waals surface area contributed by atoms with Gasteiger partial charge in [-0.25, -0.2) is 0 Å². The van der Waals surface area contributed by atoms with Gasteiger partial charge in [0, 0.05) is 5.75 Å². The summed E-state index contributed by atoms with van der Waals surface area (Å²) in [4.78, 5) is 0. The van der Waals surface area contributed by atoms with Gasteiger partial charge in [0.1, 0.15) is 6.10 Å². The van der Waals surface area contributed by atoms with E-state index in [0.29, 0.717) is 11.3 Å². The second kappa shape index (κ2) is 5.76. The van der Waals surface area contributed by atoms with Gasteiger partial charge in [0.25, 0.3) is 0 Å². The first-order valence-electron chi connectivity index (χ1n) is 4.61. The molecule has 2 N–H and O–H groups in total. The minimum Gasteiger partial charge on any atom is -0.389 e. The summed E-state index contributed by atoms with van der Waals surface area (Å²) in [6.07, 6.45) is -2.12. The van der Waals surface area contributed by atoms with Crippen LogP contribution in [0.2, 0.25) is 0 Å². The minimum absolute atomic E-state index is 0.0771. The summed E-state index contributed by atoms with van der Waals surface area (Å²) in [5, 5.41) is 27.6. The van der Waals surface area contributed by atoms with Crippen molar-refractivity contribution in [3.05, 3.63) is 35.4 Å². The van der Waals surface area contributed by atoms with E-state index >= 15 is 0 Å². The Morgan fingerprint density at radius 3 is 2.73 bits per heavy atom. The molecule has 0 aromatic heterocycles. The lowest BCUT2D eigenvalue weighted by Gasteiger charge is -2.16. The third-order valence-corrected chi connectivity index (χ3v) is 2.51. The summed E-state index contributed by atoms with van der Waals surface area (Å²) in [7, 11) is 0. The third-order valence-electron chi connectivity index (χ3n) is 2.14. The Bertz CT molecular complexity index is 362. The highest BCUT2D eigenvalue weighted by Crippen LogP contribution is 2.20. The van der Waals surface area contributed by atoms with E-state index in [4.69, 9.17) is 5.26 Å². The van der Waals surface area contributed by atoms with Gasteiger partial charge in [0.2, 0.25) is 0 Å². The standard InChI is InChI=1S/C11H13NO2S/c12-5-4-10(13)11(14)9-3-1-2-8(6-9)7-15/h1-3,6,10-11,13-15H,4,7H2. The van der Waals surface area contributed by atoms with Gasteiger partial charge in [-0.05, 0) is 11.1 Å². The van der Waals surface area contributed by atoms with Crippen LogP contribution in [0.25, 0.3) is 0 Å². The van der Waals surface area contributed by atoms with Crippen LogP contribution in [-0.2, 0) is 5.75 Å². The maximum absolute atomic E-state index is 9.71. The van der Waals surface area contributed by atoms with Gasteiger partial charge in [-0.15, -0.1) is 0 Å². The molecule has 3 nitrogen and oxygen atoms in total. The largest absolute Gasteiger partial charge is 0.389 e. The van der Waals surface area contributed by atoms with E-state index in [0.717, 1.165) is 5.56 Å². The number of nitriles is 1. The fourth-order valence-electron chi connectivity index (χ4n) is 1.30. The molecule has 1 aromatic carbocycles. The van der Waals surface area contributed by atoms with E-state index in [1.54, 1.807) is 18.2 Å². The SMILES string of the molecule is N#CCC(O)C(O)c1cccc(CS)c1. The lowest BCUT2D eigenvalue weighted by Crippen LogP contribution is -2.17. The van der Waals surface area contributed by atoms with Crippen molar-refractivity contribution in [2.45, 2.75) is 24.4 Å². The quantitative estimate of drug-likeness (QED) is 0.676. The van der Waals surface area contributed by atoms with Crippen LogP contribution in [0.15, 0.2) is 24.3 Å². The van der Waals surface area contributed by atoms with E-state index in [2.05, 4.69) is 12.6 Å². The molecule has 0 amide bonds. The molecule has 0 aliphatic carbocycles. The number of aliphatic hydroxyl groups is 2. The first-order valence-corrected chi connectivity index (χ1v) is 5.25. The van der Waals surface area contributed by atoms with Crippen LogP contribution in [0.3, 0.4) is 0 Å². The van der Waals surface area contributed by atoms with Crippen LogP contribution in [0.4, 0.5) is 0 Å². The highest BCUT2D eigenvalue weighted by molar-refractivity contribution is 7.79. The topological polar surface area (TPSA) is 64.2 Å². The van der Waals surface area contributed by atoms with Crippen molar-refractivity contribution in [1.29, 1.82) is 5.26 Å². The minimum atomic E-state index is -1.04. The van der Waals surface area contributed by atoms with Crippen molar-refractivity contribution in [2.75, 3.05) is 0 Å². The fraction of sp³-hybridized carbons (Fsp3) is 0.364. The normalized spacial score (nSPS) is 14.3. The molecule has 1 aromatic rings. The molecular weight excluding hydrogens is 210 g/mol. The van der Waals surface area contributed by atoms with Crippen molar-refractivity contribution in [3.8, 4) is 6.07 Å². The molecule has 0 saturated heterocycles. The van der Waals surface area contributed by atoms with E-state index in [1.165, 1.54) is 0 Å². The summed E-state index contributed by atoms with van der Waals surface area (Å²) in [6.45, 7) is 0. The van der Waals surface area contributed by atoms with Gasteiger partial charge in [-0.2, -0.15) is 17.9 Å². The molecule has 0 aliphatic rings. The molecule has 0 radical (unpaired) electrons. The van der Waals surface area contributed by atoms with Crippen LogP contribution >= 0.6 is 12.6 Å². The maximum Gasteiger partial charge on any atom is 0.106 e. The van der Waals surface area contributed by atoms with E-state index in [9.17, 15) is 10.2 Å². The van der Waals surface area contributed by atoms with Gasteiger partial charge in [-0.3, -0.25) is 0 Å². The Morgan fingerprint density at radius 1 is 1.40 bits per heavy atom. The van der Waals surface area contributed by atoms with E-state index in [1.807, 2.05) is 12.1 Å².